The van der Waals surface area contributed by atoms with Crippen molar-refractivity contribution in [2.45, 2.75) is 6.42 Å². The minimum Gasteiger partial charge on any atom is -0.356 e. The molecule has 0 bridgehead atoms. The summed E-state index contributed by atoms with van der Waals surface area (Å²) in [6.45, 7) is 10.5. The van der Waals surface area contributed by atoms with E-state index < -0.39 is 0 Å². The maximum Gasteiger partial charge on any atom is 0.225 e. The van der Waals surface area contributed by atoms with Gasteiger partial charge in [-0.2, -0.15) is 0 Å². The fraction of sp³-hybridized carbons (Fsp3) is 0.562. The summed E-state index contributed by atoms with van der Waals surface area (Å²) >= 11 is 0. The molecule has 126 valence electrons. The Morgan fingerprint density at radius 1 is 1.26 bits per heavy atom. The molecule has 1 aromatic rings. The standard InChI is InChI=1S/C16H27N7/c1-3-6-18-15(17-2)19-9-5-10-22-11-13-23(14-12-22)16-20-7-4-8-21-16/h3-4,7-8H,1,5-6,9-14H2,2H3,(H2,17,18,19). The predicted octanol–water partition coefficient (Wildman–Crippen LogP) is 0.340. The lowest BCUT2D eigenvalue weighted by molar-refractivity contribution is 0.254. The maximum absolute atomic E-state index is 4.32. The average Bonchev–Trinajstić information content (AvgIpc) is 2.62. The van der Waals surface area contributed by atoms with Crippen molar-refractivity contribution in [3.05, 3.63) is 31.1 Å². The molecule has 23 heavy (non-hydrogen) atoms. The summed E-state index contributed by atoms with van der Waals surface area (Å²) in [6, 6.07) is 1.85. The van der Waals surface area contributed by atoms with E-state index in [4.69, 9.17) is 0 Å². The zero-order chi connectivity index (χ0) is 16.3. The minimum absolute atomic E-state index is 0.725. The van der Waals surface area contributed by atoms with E-state index in [9.17, 15) is 0 Å². The van der Waals surface area contributed by atoms with Crippen LogP contribution in [0.25, 0.3) is 0 Å². The molecule has 7 heteroatoms. The highest BCUT2D eigenvalue weighted by molar-refractivity contribution is 5.79. The highest BCUT2D eigenvalue weighted by Gasteiger charge is 2.17. The van der Waals surface area contributed by atoms with E-state index in [1.165, 1.54) is 0 Å². The first-order valence-electron chi connectivity index (χ1n) is 8.13. The third-order valence-electron chi connectivity index (χ3n) is 3.79. The van der Waals surface area contributed by atoms with Gasteiger partial charge in [0.25, 0.3) is 0 Å². The molecule has 1 aliphatic rings. The van der Waals surface area contributed by atoms with Crippen molar-refractivity contribution in [3.8, 4) is 0 Å². The van der Waals surface area contributed by atoms with E-state index in [1.54, 1.807) is 19.4 Å². The Balaban J connectivity index is 1.60. The minimum atomic E-state index is 0.725. The molecule has 0 aromatic carbocycles. The Labute approximate surface area is 138 Å². The van der Waals surface area contributed by atoms with Gasteiger partial charge in [-0.05, 0) is 19.0 Å². The molecule has 0 atom stereocenters. The molecule has 1 aromatic heterocycles. The van der Waals surface area contributed by atoms with Gasteiger partial charge in [0.15, 0.2) is 5.96 Å². The lowest BCUT2D eigenvalue weighted by atomic mass is 10.3. The number of hydrogen-bond acceptors (Lipinski definition) is 5. The number of hydrogen-bond donors (Lipinski definition) is 2. The monoisotopic (exact) mass is 317 g/mol. The van der Waals surface area contributed by atoms with E-state index in [-0.39, 0.29) is 0 Å². The molecule has 0 saturated carbocycles. The van der Waals surface area contributed by atoms with Crippen molar-refractivity contribution in [1.82, 2.24) is 25.5 Å². The summed E-state index contributed by atoms with van der Waals surface area (Å²) in [5.41, 5.74) is 0. The van der Waals surface area contributed by atoms with Gasteiger partial charge in [0, 0.05) is 58.7 Å². The largest absolute Gasteiger partial charge is 0.356 e. The molecule has 0 amide bonds. The van der Waals surface area contributed by atoms with Gasteiger partial charge in [-0.3, -0.25) is 9.89 Å². The maximum atomic E-state index is 4.32. The van der Waals surface area contributed by atoms with Crippen molar-refractivity contribution in [1.29, 1.82) is 0 Å². The number of aliphatic imine (C=N–C) groups is 1. The lowest BCUT2D eigenvalue weighted by Crippen LogP contribution is -2.47. The molecule has 1 saturated heterocycles. The zero-order valence-electron chi connectivity index (χ0n) is 13.9. The van der Waals surface area contributed by atoms with E-state index in [1.807, 2.05) is 12.1 Å². The van der Waals surface area contributed by atoms with Crippen LogP contribution < -0.4 is 15.5 Å². The molecule has 2 rings (SSSR count). The van der Waals surface area contributed by atoms with Gasteiger partial charge < -0.3 is 15.5 Å². The Morgan fingerprint density at radius 2 is 2.00 bits per heavy atom. The number of piperazine rings is 1. The first-order valence-corrected chi connectivity index (χ1v) is 8.13. The third-order valence-corrected chi connectivity index (χ3v) is 3.79. The molecule has 0 aliphatic carbocycles. The SMILES string of the molecule is C=CCNC(=NC)NCCCN1CCN(c2ncccn2)CC1. The van der Waals surface area contributed by atoms with Gasteiger partial charge >= 0.3 is 0 Å². The molecule has 2 N–H and O–H groups in total. The number of guanidine groups is 1. The summed E-state index contributed by atoms with van der Waals surface area (Å²) in [5, 5.41) is 6.48. The summed E-state index contributed by atoms with van der Waals surface area (Å²) in [7, 11) is 1.78. The van der Waals surface area contributed by atoms with Gasteiger partial charge in [0.05, 0.1) is 0 Å². The van der Waals surface area contributed by atoms with Crippen LogP contribution in [0.3, 0.4) is 0 Å². The van der Waals surface area contributed by atoms with Gasteiger partial charge in [-0.15, -0.1) is 6.58 Å². The van der Waals surface area contributed by atoms with Crippen molar-refractivity contribution in [2.24, 2.45) is 4.99 Å². The van der Waals surface area contributed by atoms with Gasteiger partial charge in [-0.25, -0.2) is 9.97 Å². The molecule has 2 heterocycles. The molecule has 0 radical (unpaired) electrons. The van der Waals surface area contributed by atoms with Crippen LogP contribution in [0, 0.1) is 0 Å². The summed E-state index contributed by atoms with van der Waals surface area (Å²) in [4.78, 5) is 17.5. The smallest absolute Gasteiger partial charge is 0.225 e. The molecular weight excluding hydrogens is 290 g/mol. The van der Waals surface area contributed by atoms with Crippen molar-refractivity contribution in [2.75, 3.05) is 57.8 Å². The van der Waals surface area contributed by atoms with Crippen LogP contribution >= 0.6 is 0 Å². The van der Waals surface area contributed by atoms with E-state index in [2.05, 4.69) is 42.0 Å². The fourth-order valence-corrected chi connectivity index (χ4v) is 2.52. The fourth-order valence-electron chi connectivity index (χ4n) is 2.52. The number of nitrogens with one attached hydrogen (secondary N) is 2. The lowest BCUT2D eigenvalue weighted by Gasteiger charge is -2.34. The molecular formula is C16H27N7. The molecule has 0 spiro atoms. The zero-order valence-corrected chi connectivity index (χ0v) is 13.9. The number of anilines is 1. The van der Waals surface area contributed by atoms with E-state index in [0.717, 1.165) is 64.1 Å². The van der Waals surface area contributed by atoms with Gasteiger partial charge in [-0.1, -0.05) is 6.08 Å². The van der Waals surface area contributed by atoms with Crippen LogP contribution in [0.2, 0.25) is 0 Å². The Kier molecular flexibility index (Phi) is 7.32. The van der Waals surface area contributed by atoms with Gasteiger partial charge in [0.2, 0.25) is 5.95 Å². The Bertz CT molecular complexity index is 480. The molecule has 1 aliphatic heterocycles. The van der Waals surface area contributed by atoms with Crippen LogP contribution in [0.15, 0.2) is 36.1 Å². The predicted molar refractivity (Wildman–Crippen MR) is 94.9 cm³/mol. The average molecular weight is 317 g/mol. The summed E-state index contributed by atoms with van der Waals surface area (Å²) in [5.74, 6) is 1.67. The normalized spacial score (nSPS) is 16.2. The van der Waals surface area contributed by atoms with E-state index in [0.29, 0.717) is 0 Å². The Morgan fingerprint density at radius 3 is 2.65 bits per heavy atom. The molecule has 0 unspecified atom stereocenters. The quantitative estimate of drug-likeness (QED) is 0.327. The highest BCUT2D eigenvalue weighted by atomic mass is 15.3. The van der Waals surface area contributed by atoms with Crippen LogP contribution in [-0.2, 0) is 0 Å². The molecule has 7 nitrogen and oxygen atoms in total. The summed E-state index contributed by atoms with van der Waals surface area (Å²) < 4.78 is 0. The van der Waals surface area contributed by atoms with Crippen LogP contribution in [0.4, 0.5) is 5.95 Å². The summed E-state index contributed by atoms with van der Waals surface area (Å²) in [6.07, 6.45) is 6.51. The molecule has 1 fully saturated rings. The number of nitrogens with zero attached hydrogens (tertiary/aromatic N) is 5. The van der Waals surface area contributed by atoms with Crippen LogP contribution in [0.1, 0.15) is 6.42 Å². The van der Waals surface area contributed by atoms with Crippen LogP contribution in [0.5, 0.6) is 0 Å². The van der Waals surface area contributed by atoms with Crippen molar-refractivity contribution >= 4 is 11.9 Å². The second-order valence-electron chi connectivity index (χ2n) is 5.40. The third kappa shape index (κ3) is 5.86. The van der Waals surface area contributed by atoms with Crippen molar-refractivity contribution in [3.63, 3.8) is 0 Å². The second-order valence-corrected chi connectivity index (χ2v) is 5.40. The van der Waals surface area contributed by atoms with Gasteiger partial charge in [0.1, 0.15) is 0 Å². The van der Waals surface area contributed by atoms with E-state index >= 15 is 0 Å². The number of rotatable bonds is 7. The number of aromatic nitrogens is 2. The Hall–Kier alpha value is -2.15. The van der Waals surface area contributed by atoms with Crippen molar-refractivity contribution < 1.29 is 0 Å². The highest BCUT2D eigenvalue weighted by Crippen LogP contribution is 2.09. The second kappa shape index (κ2) is 9.78. The first-order chi connectivity index (χ1) is 11.3. The van der Waals surface area contributed by atoms with Crippen LogP contribution in [-0.4, -0.2) is 73.7 Å². The first kappa shape index (κ1) is 17.2. The topological polar surface area (TPSA) is 68.7 Å².